The highest BCUT2D eigenvalue weighted by Crippen LogP contribution is 2.23. The van der Waals surface area contributed by atoms with E-state index < -0.39 is 5.97 Å². The Labute approximate surface area is 121 Å². The van der Waals surface area contributed by atoms with Crippen molar-refractivity contribution >= 4 is 34.0 Å². The molecule has 0 saturated heterocycles. The first-order valence-electron chi connectivity index (χ1n) is 5.65. The van der Waals surface area contributed by atoms with Gasteiger partial charge in [-0.25, -0.2) is 0 Å². The van der Waals surface area contributed by atoms with Gasteiger partial charge in [0.25, 0.3) is 0 Å². The van der Waals surface area contributed by atoms with Gasteiger partial charge >= 0.3 is 5.97 Å². The molecule has 3 rings (SSSR count). The standard InChI is InChI=1S/C11H9N5O2S2/c17-9(18)6-19-5-8-15-16-10(13-14-11(16)20-8)7-2-1-3-12-4-7/h1-4H,5-6H2,(H,17,18). The second kappa shape index (κ2) is 5.55. The third-order valence-electron chi connectivity index (χ3n) is 2.40. The van der Waals surface area contributed by atoms with Crippen LogP contribution in [0.1, 0.15) is 5.01 Å². The van der Waals surface area contributed by atoms with E-state index in [1.54, 1.807) is 16.9 Å². The van der Waals surface area contributed by atoms with Crippen LogP contribution in [0.15, 0.2) is 24.5 Å². The largest absolute Gasteiger partial charge is 0.481 e. The molecule has 0 saturated carbocycles. The molecule has 0 aliphatic rings. The minimum absolute atomic E-state index is 0.0651. The predicted octanol–water partition coefficient (Wildman–Crippen LogP) is 1.57. The zero-order valence-electron chi connectivity index (χ0n) is 10.1. The van der Waals surface area contributed by atoms with E-state index in [2.05, 4.69) is 20.3 Å². The summed E-state index contributed by atoms with van der Waals surface area (Å²) in [4.78, 5) is 15.2. The van der Waals surface area contributed by atoms with Crippen molar-refractivity contribution in [1.29, 1.82) is 0 Å². The maximum absolute atomic E-state index is 10.5. The van der Waals surface area contributed by atoms with Crippen molar-refractivity contribution in [1.82, 2.24) is 24.8 Å². The van der Waals surface area contributed by atoms with Crippen molar-refractivity contribution in [2.75, 3.05) is 5.75 Å². The van der Waals surface area contributed by atoms with E-state index in [9.17, 15) is 4.79 Å². The van der Waals surface area contributed by atoms with Crippen LogP contribution in [-0.4, -0.2) is 41.6 Å². The van der Waals surface area contributed by atoms with Gasteiger partial charge in [-0.3, -0.25) is 9.78 Å². The molecule has 0 fully saturated rings. The topological polar surface area (TPSA) is 93.3 Å². The smallest absolute Gasteiger partial charge is 0.313 e. The van der Waals surface area contributed by atoms with Crippen molar-refractivity contribution in [3.8, 4) is 11.4 Å². The molecular weight excluding hydrogens is 298 g/mol. The molecule has 3 aromatic rings. The molecular formula is C11H9N5O2S2. The summed E-state index contributed by atoms with van der Waals surface area (Å²) in [7, 11) is 0. The fourth-order valence-corrected chi connectivity index (χ4v) is 3.24. The Hall–Kier alpha value is -2.00. The van der Waals surface area contributed by atoms with E-state index in [1.165, 1.54) is 23.1 Å². The van der Waals surface area contributed by atoms with Crippen LogP contribution in [0, 0.1) is 0 Å². The number of pyridine rings is 1. The van der Waals surface area contributed by atoms with Crippen LogP contribution in [0.25, 0.3) is 16.3 Å². The molecule has 0 aromatic carbocycles. The summed E-state index contributed by atoms with van der Waals surface area (Å²) in [5.74, 6) is 0.426. The van der Waals surface area contributed by atoms with Gasteiger partial charge in [0, 0.05) is 23.7 Å². The fraction of sp³-hybridized carbons (Fsp3) is 0.182. The van der Waals surface area contributed by atoms with Gasteiger partial charge in [-0.2, -0.15) is 9.61 Å². The van der Waals surface area contributed by atoms with Crippen molar-refractivity contribution in [2.45, 2.75) is 5.75 Å². The lowest BCUT2D eigenvalue weighted by molar-refractivity contribution is -0.133. The van der Waals surface area contributed by atoms with Crippen LogP contribution in [0.5, 0.6) is 0 Å². The first kappa shape index (κ1) is 13.0. The molecule has 1 N–H and O–H groups in total. The Morgan fingerprint density at radius 3 is 3.10 bits per heavy atom. The van der Waals surface area contributed by atoms with Gasteiger partial charge in [0.2, 0.25) is 4.96 Å². The lowest BCUT2D eigenvalue weighted by atomic mass is 10.3. The van der Waals surface area contributed by atoms with E-state index in [0.29, 0.717) is 16.5 Å². The Kier molecular flexibility index (Phi) is 3.61. The minimum atomic E-state index is -0.825. The molecule has 9 heteroatoms. The predicted molar refractivity (Wildman–Crippen MR) is 75.7 cm³/mol. The average molecular weight is 307 g/mol. The first-order valence-corrected chi connectivity index (χ1v) is 7.62. The molecule has 0 unspecified atom stereocenters. The number of carboxylic acids is 1. The zero-order chi connectivity index (χ0) is 13.9. The highest BCUT2D eigenvalue weighted by Gasteiger charge is 2.13. The SMILES string of the molecule is O=C(O)CSCc1nn2c(-c3cccnc3)nnc2s1. The van der Waals surface area contributed by atoms with Crippen molar-refractivity contribution in [2.24, 2.45) is 0 Å². The van der Waals surface area contributed by atoms with Gasteiger partial charge in [-0.1, -0.05) is 11.3 Å². The quantitative estimate of drug-likeness (QED) is 0.764. The van der Waals surface area contributed by atoms with E-state index in [1.807, 2.05) is 12.1 Å². The Morgan fingerprint density at radius 2 is 2.35 bits per heavy atom. The fourth-order valence-electron chi connectivity index (χ4n) is 1.62. The first-order chi connectivity index (χ1) is 9.74. The number of hydrogen-bond acceptors (Lipinski definition) is 7. The third-order valence-corrected chi connectivity index (χ3v) is 4.41. The summed E-state index contributed by atoms with van der Waals surface area (Å²) in [6.45, 7) is 0. The second-order valence-corrected chi connectivity index (χ2v) is 5.87. The number of carboxylic acid groups (broad SMARTS) is 1. The molecule has 3 aromatic heterocycles. The lowest BCUT2D eigenvalue weighted by Gasteiger charge is -1.95. The molecule has 0 radical (unpaired) electrons. The molecule has 0 spiro atoms. The maximum atomic E-state index is 10.5. The number of aliphatic carboxylic acids is 1. The van der Waals surface area contributed by atoms with Crippen molar-refractivity contribution in [3.05, 3.63) is 29.5 Å². The van der Waals surface area contributed by atoms with Gasteiger partial charge in [0.1, 0.15) is 5.01 Å². The van der Waals surface area contributed by atoms with Crippen LogP contribution in [0.3, 0.4) is 0 Å². The molecule has 3 heterocycles. The number of aromatic nitrogens is 5. The van der Waals surface area contributed by atoms with Gasteiger partial charge in [0.05, 0.1) is 5.75 Å². The number of carbonyl (C=O) groups is 1. The molecule has 102 valence electrons. The van der Waals surface area contributed by atoms with Crippen molar-refractivity contribution < 1.29 is 9.90 Å². The van der Waals surface area contributed by atoms with E-state index in [4.69, 9.17) is 5.11 Å². The van der Waals surface area contributed by atoms with Crippen LogP contribution in [-0.2, 0) is 10.5 Å². The summed E-state index contributed by atoms with van der Waals surface area (Å²) < 4.78 is 1.67. The summed E-state index contributed by atoms with van der Waals surface area (Å²) >= 11 is 2.72. The number of thioether (sulfide) groups is 1. The molecule has 0 aliphatic heterocycles. The third kappa shape index (κ3) is 2.63. The maximum Gasteiger partial charge on any atom is 0.313 e. The van der Waals surface area contributed by atoms with Crippen LogP contribution < -0.4 is 0 Å². The number of nitrogens with zero attached hydrogens (tertiary/aromatic N) is 5. The van der Waals surface area contributed by atoms with E-state index in [-0.39, 0.29) is 5.75 Å². The highest BCUT2D eigenvalue weighted by atomic mass is 32.2. The van der Waals surface area contributed by atoms with Crippen LogP contribution in [0.2, 0.25) is 0 Å². The Morgan fingerprint density at radius 1 is 1.45 bits per heavy atom. The summed E-state index contributed by atoms with van der Waals surface area (Å²) in [5, 5.41) is 22.0. The molecule has 0 aliphatic carbocycles. The second-order valence-electron chi connectivity index (χ2n) is 3.84. The average Bonchev–Trinajstić information content (AvgIpc) is 2.99. The van der Waals surface area contributed by atoms with E-state index >= 15 is 0 Å². The minimum Gasteiger partial charge on any atom is -0.481 e. The van der Waals surface area contributed by atoms with Crippen LogP contribution >= 0.6 is 23.1 Å². The monoisotopic (exact) mass is 307 g/mol. The molecule has 0 amide bonds. The summed E-state index contributed by atoms with van der Waals surface area (Å²) in [5.41, 5.74) is 0.843. The summed E-state index contributed by atoms with van der Waals surface area (Å²) in [6, 6.07) is 3.72. The highest BCUT2D eigenvalue weighted by molar-refractivity contribution is 7.99. The molecule has 0 atom stereocenters. The number of rotatable bonds is 5. The molecule has 7 nitrogen and oxygen atoms in total. The molecule has 20 heavy (non-hydrogen) atoms. The van der Waals surface area contributed by atoms with Crippen molar-refractivity contribution in [3.63, 3.8) is 0 Å². The Balaban J connectivity index is 1.85. The number of fused-ring (bicyclic) bond motifs is 1. The Bertz CT molecular complexity index is 740. The van der Waals surface area contributed by atoms with Gasteiger partial charge in [0.15, 0.2) is 5.82 Å². The normalized spacial score (nSPS) is 11.0. The molecule has 0 bridgehead atoms. The van der Waals surface area contributed by atoms with E-state index in [0.717, 1.165) is 10.6 Å². The summed E-state index contributed by atoms with van der Waals surface area (Å²) in [6.07, 6.45) is 3.39. The van der Waals surface area contributed by atoms with Crippen LogP contribution in [0.4, 0.5) is 0 Å². The van der Waals surface area contributed by atoms with Gasteiger partial charge in [-0.15, -0.1) is 22.0 Å². The lowest BCUT2D eigenvalue weighted by Crippen LogP contribution is -1.98. The zero-order valence-corrected chi connectivity index (χ0v) is 11.8. The number of hydrogen-bond donors (Lipinski definition) is 1. The van der Waals surface area contributed by atoms with Gasteiger partial charge in [-0.05, 0) is 12.1 Å². The van der Waals surface area contributed by atoms with Gasteiger partial charge < -0.3 is 5.11 Å².